The van der Waals surface area contributed by atoms with Crippen molar-refractivity contribution in [2.75, 3.05) is 13.1 Å². The number of likely N-dealkylation sites (tertiary alicyclic amines) is 1. The molecule has 4 nitrogen and oxygen atoms in total. The molecule has 0 aromatic carbocycles. The van der Waals surface area contributed by atoms with Crippen LogP contribution in [-0.4, -0.2) is 33.8 Å². The molecule has 1 aromatic heterocycles. The summed E-state index contributed by atoms with van der Waals surface area (Å²) in [6, 6.07) is 1.30. The Labute approximate surface area is 122 Å². The molecule has 0 radical (unpaired) electrons. The van der Waals surface area contributed by atoms with E-state index in [1.165, 1.54) is 49.9 Å². The van der Waals surface area contributed by atoms with Crippen molar-refractivity contribution in [1.29, 1.82) is 0 Å². The molecule has 1 saturated heterocycles. The highest BCUT2D eigenvalue weighted by atomic mass is 15.3. The first-order valence-electron chi connectivity index (χ1n) is 8.22. The molecule has 4 heteroatoms. The third kappa shape index (κ3) is 2.63. The fourth-order valence-corrected chi connectivity index (χ4v) is 3.84. The fourth-order valence-electron chi connectivity index (χ4n) is 3.84. The van der Waals surface area contributed by atoms with E-state index in [0.29, 0.717) is 12.0 Å². The Morgan fingerprint density at radius 3 is 2.75 bits per heavy atom. The highest BCUT2D eigenvalue weighted by Gasteiger charge is 2.40. The Bertz CT molecular complexity index is 449. The number of rotatable bonds is 4. The predicted octanol–water partition coefficient (Wildman–Crippen LogP) is 2.25. The minimum atomic E-state index is 0.499. The summed E-state index contributed by atoms with van der Waals surface area (Å²) in [5.41, 5.74) is 8.84. The zero-order valence-electron chi connectivity index (χ0n) is 12.9. The van der Waals surface area contributed by atoms with Crippen molar-refractivity contribution in [2.24, 2.45) is 18.7 Å². The monoisotopic (exact) mass is 276 g/mol. The smallest absolute Gasteiger partial charge is 0.0669 e. The van der Waals surface area contributed by atoms with E-state index in [1.807, 2.05) is 11.7 Å². The lowest BCUT2D eigenvalue weighted by Crippen LogP contribution is -2.37. The van der Waals surface area contributed by atoms with Gasteiger partial charge < -0.3 is 5.73 Å². The second-order valence-corrected chi connectivity index (χ2v) is 6.46. The lowest BCUT2D eigenvalue weighted by atomic mass is 9.89. The van der Waals surface area contributed by atoms with Crippen molar-refractivity contribution >= 4 is 0 Å². The largest absolute Gasteiger partial charge is 0.330 e. The molecular weight excluding hydrogens is 248 g/mol. The average molecular weight is 276 g/mol. The molecule has 0 amide bonds. The standard InChI is InChI=1S/C16H28N4/c1-3-15-14(11-19(2)18-15)16-12(10-17)6-4-5-9-20(16)13-7-8-13/h11-13,16H,3-10,17H2,1-2H3. The van der Waals surface area contributed by atoms with Crippen LogP contribution in [0.3, 0.4) is 0 Å². The first-order valence-corrected chi connectivity index (χ1v) is 8.22. The number of aryl methyl sites for hydroxylation is 2. The molecule has 112 valence electrons. The van der Waals surface area contributed by atoms with Crippen LogP contribution in [0.25, 0.3) is 0 Å². The quantitative estimate of drug-likeness (QED) is 0.917. The molecule has 20 heavy (non-hydrogen) atoms. The van der Waals surface area contributed by atoms with E-state index in [4.69, 9.17) is 5.73 Å². The Balaban J connectivity index is 1.97. The van der Waals surface area contributed by atoms with Gasteiger partial charge in [-0.1, -0.05) is 13.3 Å². The molecule has 2 heterocycles. The van der Waals surface area contributed by atoms with Crippen LogP contribution < -0.4 is 5.73 Å². The Hall–Kier alpha value is -0.870. The van der Waals surface area contributed by atoms with E-state index < -0.39 is 0 Å². The number of aromatic nitrogens is 2. The van der Waals surface area contributed by atoms with Crippen LogP contribution in [0.5, 0.6) is 0 Å². The normalized spacial score (nSPS) is 28.6. The zero-order chi connectivity index (χ0) is 14.1. The van der Waals surface area contributed by atoms with Gasteiger partial charge in [-0.3, -0.25) is 9.58 Å². The highest BCUT2D eigenvalue weighted by molar-refractivity contribution is 5.24. The van der Waals surface area contributed by atoms with Gasteiger partial charge in [-0.25, -0.2) is 0 Å². The average Bonchev–Trinajstić information content (AvgIpc) is 3.23. The van der Waals surface area contributed by atoms with Crippen molar-refractivity contribution in [3.8, 4) is 0 Å². The van der Waals surface area contributed by atoms with Gasteiger partial charge in [0.15, 0.2) is 0 Å². The van der Waals surface area contributed by atoms with Crippen LogP contribution in [-0.2, 0) is 13.5 Å². The second-order valence-electron chi connectivity index (χ2n) is 6.46. The minimum absolute atomic E-state index is 0.499. The van der Waals surface area contributed by atoms with Crippen LogP contribution in [0.2, 0.25) is 0 Å². The van der Waals surface area contributed by atoms with Gasteiger partial charge in [0.05, 0.1) is 5.69 Å². The van der Waals surface area contributed by atoms with Crippen molar-refractivity contribution in [2.45, 2.75) is 57.5 Å². The van der Waals surface area contributed by atoms with Gasteiger partial charge in [0.25, 0.3) is 0 Å². The molecule has 3 rings (SSSR count). The molecule has 0 bridgehead atoms. The predicted molar refractivity (Wildman–Crippen MR) is 81.5 cm³/mol. The van der Waals surface area contributed by atoms with Gasteiger partial charge in [0, 0.05) is 30.9 Å². The van der Waals surface area contributed by atoms with E-state index in [0.717, 1.165) is 19.0 Å². The van der Waals surface area contributed by atoms with Crippen LogP contribution in [0.4, 0.5) is 0 Å². The van der Waals surface area contributed by atoms with Gasteiger partial charge in [-0.2, -0.15) is 5.10 Å². The molecule has 1 aliphatic heterocycles. The molecule has 2 atom stereocenters. The first kappa shape index (κ1) is 14.1. The zero-order valence-corrected chi connectivity index (χ0v) is 12.9. The topological polar surface area (TPSA) is 47.1 Å². The fraction of sp³-hybridized carbons (Fsp3) is 0.812. The van der Waals surface area contributed by atoms with Crippen LogP contribution in [0.1, 0.15) is 56.3 Å². The molecule has 2 unspecified atom stereocenters. The van der Waals surface area contributed by atoms with E-state index in [-0.39, 0.29) is 0 Å². The summed E-state index contributed by atoms with van der Waals surface area (Å²) in [4.78, 5) is 2.75. The molecule has 2 aliphatic rings. The lowest BCUT2D eigenvalue weighted by Gasteiger charge is -2.35. The SMILES string of the molecule is CCc1nn(C)cc1C1C(CN)CCCCN1C1CC1. The number of hydrogen-bond donors (Lipinski definition) is 1. The molecule has 0 spiro atoms. The maximum Gasteiger partial charge on any atom is 0.0669 e. The second kappa shape index (κ2) is 5.86. The summed E-state index contributed by atoms with van der Waals surface area (Å²) in [5.74, 6) is 0.590. The summed E-state index contributed by atoms with van der Waals surface area (Å²) in [7, 11) is 2.04. The maximum atomic E-state index is 6.13. The van der Waals surface area contributed by atoms with Crippen LogP contribution in [0, 0.1) is 5.92 Å². The van der Waals surface area contributed by atoms with Crippen molar-refractivity contribution in [3.05, 3.63) is 17.5 Å². The molecule has 1 aromatic rings. The van der Waals surface area contributed by atoms with Crippen molar-refractivity contribution in [3.63, 3.8) is 0 Å². The number of nitrogens with two attached hydrogens (primary N) is 1. The first-order chi connectivity index (χ1) is 9.74. The molecule has 1 aliphatic carbocycles. The summed E-state index contributed by atoms with van der Waals surface area (Å²) >= 11 is 0. The number of nitrogens with zero attached hydrogens (tertiary/aromatic N) is 3. The van der Waals surface area contributed by atoms with Gasteiger partial charge in [0.1, 0.15) is 0 Å². The van der Waals surface area contributed by atoms with E-state index in [1.54, 1.807) is 0 Å². The molecule has 1 saturated carbocycles. The number of hydrogen-bond acceptors (Lipinski definition) is 3. The molecule has 2 N–H and O–H groups in total. The van der Waals surface area contributed by atoms with Crippen LogP contribution >= 0.6 is 0 Å². The summed E-state index contributed by atoms with van der Waals surface area (Å²) in [6.45, 7) is 4.25. The Kier molecular flexibility index (Phi) is 4.13. The van der Waals surface area contributed by atoms with Gasteiger partial charge >= 0.3 is 0 Å². The highest BCUT2D eigenvalue weighted by Crippen LogP contribution is 2.42. The molecule has 2 fully saturated rings. The van der Waals surface area contributed by atoms with Crippen molar-refractivity contribution < 1.29 is 0 Å². The van der Waals surface area contributed by atoms with E-state index >= 15 is 0 Å². The van der Waals surface area contributed by atoms with Gasteiger partial charge in [0.2, 0.25) is 0 Å². The third-order valence-electron chi connectivity index (χ3n) is 4.95. The minimum Gasteiger partial charge on any atom is -0.330 e. The summed E-state index contributed by atoms with van der Waals surface area (Å²) < 4.78 is 1.98. The summed E-state index contributed by atoms with van der Waals surface area (Å²) in [6.07, 6.45) is 9.91. The Morgan fingerprint density at radius 1 is 1.30 bits per heavy atom. The van der Waals surface area contributed by atoms with Gasteiger partial charge in [-0.15, -0.1) is 0 Å². The summed E-state index contributed by atoms with van der Waals surface area (Å²) in [5, 5.41) is 4.67. The maximum absolute atomic E-state index is 6.13. The van der Waals surface area contributed by atoms with E-state index in [9.17, 15) is 0 Å². The van der Waals surface area contributed by atoms with E-state index in [2.05, 4.69) is 23.1 Å². The Morgan fingerprint density at radius 2 is 2.10 bits per heavy atom. The van der Waals surface area contributed by atoms with Crippen molar-refractivity contribution in [1.82, 2.24) is 14.7 Å². The lowest BCUT2D eigenvalue weighted by molar-refractivity contribution is 0.148. The van der Waals surface area contributed by atoms with Crippen LogP contribution in [0.15, 0.2) is 6.20 Å². The third-order valence-corrected chi connectivity index (χ3v) is 4.95. The molecular formula is C16H28N4. The van der Waals surface area contributed by atoms with Gasteiger partial charge in [-0.05, 0) is 51.1 Å².